The van der Waals surface area contributed by atoms with E-state index in [0.29, 0.717) is 17.5 Å². The van der Waals surface area contributed by atoms with Gasteiger partial charge in [-0.3, -0.25) is 0 Å². The highest BCUT2D eigenvalue weighted by atomic mass is 16.3. The Morgan fingerprint density at radius 3 is 1.90 bits per heavy atom. The van der Waals surface area contributed by atoms with E-state index in [1.54, 1.807) is 0 Å². The van der Waals surface area contributed by atoms with E-state index >= 15 is 0 Å². The van der Waals surface area contributed by atoms with E-state index in [9.17, 15) is 0 Å². The molecule has 51 heavy (non-hydrogen) atoms. The zero-order valence-corrected chi connectivity index (χ0v) is 27.8. The lowest BCUT2D eigenvalue weighted by molar-refractivity contribution is 0.669. The maximum atomic E-state index is 6.20. The fraction of sp³-hybridized carbons (Fsp3) is 0.0426. The summed E-state index contributed by atoms with van der Waals surface area (Å²) in [4.78, 5) is 15.1. The Labute approximate surface area is 295 Å². The molecule has 0 atom stereocenters. The average molecular weight is 654 g/mol. The summed E-state index contributed by atoms with van der Waals surface area (Å²) in [5.74, 6) is 2.01. The van der Waals surface area contributed by atoms with Crippen molar-refractivity contribution in [3.05, 3.63) is 170 Å². The smallest absolute Gasteiger partial charge is 0.164 e. The fourth-order valence-corrected chi connectivity index (χ4v) is 7.29. The van der Waals surface area contributed by atoms with Crippen LogP contribution in [0.15, 0.2) is 168 Å². The Kier molecular flexibility index (Phi) is 6.91. The summed E-state index contributed by atoms with van der Waals surface area (Å²) in [5.41, 5.74) is 9.35. The largest absolute Gasteiger partial charge is 0.456 e. The molecule has 0 fully saturated rings. The molecule has 1 aliphatic carbocycles. The summed E-state index contributed by atoms with van der Waals surface area (Å²) >= 11 is 0. The standard InChI is InChI=1S/C47H31N3O/c1-2-10-33(11-3-1)45-48-46(34-22-17-31(18-23-34)36-24-19-30-9-4-5-12-35(30)27-36)50-47(49-45)38-26-21-32-20-25-37(28-39(32)29-38)40-14-8-16-43-44(40)41-13-6-7-15-42(41)51-43/h2,4-29H,1,3H2. The van der Waals surface area contributed by atoms with Crippen molar-refractivity contribution in [1.29, 1.82) is 0 Å². The van der Waals surface area contributed by atoms with Gasteiger partial charge >= 0.3 is 0 Å². The Hall–Kier alpha value is -6.65. The summed E-state index contributed by atoms with van der Waals surface area (Å²) in [6.07, 6.45) is 8.54. The molecule has 0 saturated heterocycles. The normalized spacial score (nSPS) is 13.0. The Balaban J connectivity index is 1.06. The molecule has 1 aliphatic rings. The molecule has 10 rings (SSSR count). The maximum Gasteiger partial charge on any atom is 0.164 e. The minimum Gasteiger partial charge on any atom is -0.456 e. The van der Waals surface area contributed by atoms with Crippen LogP contribution < -0.4 is 0 Å². The van der Waals surface area contributed by atoms with E-state index in [1.165, 1.54) is 16.3 Å². The second kappa shape index (κ2) is 12.0. The van der Waals surface area contributed by atoms with Gasteiger partial charge in [-0.2, -0.15) is 0 Å². The molecule has 0 N–H and O–H groups in total. The van der Waals surface area contributed by atoms with E-state index in [1.807, 2.05) is 18.2 Å². The minimum atomic E-state index is 0.656. The lowest BCUT2D eigenvalue weighted by Crippen LogP contribution is -2.03. The van der Waals surface area contributed by atoms with Crippen molar-refractivity contribution in [3.63, 3.8) is 0 Å². The van der Waals surface area contributed by atoms with E-state index in [-0.39, 0.29) is 0 Å². The third-order valence-corrected chi connectivity index (χ3v) is 9.93. The molecule has 0 bridgehead atoms. The van der Waals surface area contributed by atoms with Crippen LogP contribution in [-0.4, -0.2) is 15.0 Å². The first-order valence-electron chi connectivity index (χ1n) is 17.4. The number of benzene rings is 7. The predicted molar refractivity (Wildman–Crippen MR) is 210 cm³/mol. The summed E-state index contributed by atoms with van der Waals surface area (Å²) in [6, 6.07) is 51.3. The van der Waals surface area contributed by atoms with Crippen LogP contribution in [0.5, 0.6) is 0 Å². The monoisotopic (exact) mass is 653 g/mol. The molecule has 0 unspecified atom stereocenters. The lowest BCUT2D eigenvalue weighted by Gasteiger charge is -2.12. The predicted octanol–water partition coefficient (Wildman–Crippen LogP) is 12.5. The third kappa shape index (κ3) is 5.29. The molecule has 7 aromatic carbocycles. The summed E-state index contributed by atoms with van der Waals surface area (Å²) < 4.78 is 6.20. The number of aromatic nitrogens is 3. The summed E-state index contributed by atoms with van der Waals surface area (Å²) in [7, 11) is 0. The molecule has 4 nitrogen and oxygen atoms in total. The van der Waals surface area contributed by atoms with E-state index in [0.717, 1.165) is 78.9 Å². The molecule has 0 amide bonds. The average Bonchev–Trinajstić information content (AvgIpc) is 3.59. The van der Waals surface area contributed by atoms with Crippen LogP contribution in [0.4, 0.5) is 0 Å². The molecular weight excluding hydrogens is 623 g/mol. The maximum absolute atomic E-state index is 6.20. The number of hydrogen-bond donors (Lipinski definition) is 0. The molecule has 0 spiro atoms. The van der Waals surface area contributed by atoms with Crippen LogP contribution >= 0.6 is 0 Å². The van der Waals surface area contributed by atoms with Crippen molar-refractivity contribution >= 4 is 49.1 Å². The number of rotatable bonds is 5. The lowest BCUT2D eigenvalue weighted by atomic mass is 9.96. The zero-order valence-electron chi connectivity index (χ0n) is 27.8. The first-order valence-corrected chi connectivity index (χ1v) is 17.4. The second-order valence-corrected chi connectivity index (χ2v) is 13.1. The van der Waals surface area contributed by atoms with Gasteiger partial charge < -0.3 is 4.42 Å². The first-order chi connectivity index (χ1) is 25.2. The molecule has 0 radical (unpaired) electrons. The van der Waals surface area contributed by atoms with Crippen LogP contribution in [-0.2, 0) is 0 Å². The van der Waals surface area contributed by atoms with E-state index in [2.05, 4.69) is 146 Å². The van der Waals surface area contributed by atoms with Crippen molar-refractivity contribution in [1.82, 2.24) is 15.0 Å². The topological polar surface area (TPSA) is 51.8 Å². The fourth-order valence-electron chi connectivity index (χ4n) is 7.29. The highest BCUT2D eigenvalue weighted by molar-refractivity contribution is 6.13. The van der Waals surface area contributed by atoms with Gasteiger partial charge in [0, 0.05) is 27.5 Å². The Morgan fingerprint density at radius 1 is 0.431 bits per heavy atom. The van der Waals surface area contributed by atoms with Crippen molar-refractivity contribution in [2.75, 3.05) is 0 Å². The van der Waals surface area contributed by atoms with Crippen molar-refractivity contribution in [3.8, 4) is 45.0 Å². The summed E-state index contributed by atoms with van der Waals surface area (Å²) in [5, 5.41) is 7.00. The SMILES string of the molecule is C1=CC(c2nc(-c3ccc(-c4ccc5ccccc5c4)cc3)nc(-c3ccc4ccc(-c5cccc6oc7ccccc7c56)cc4c3)n2)=CCC1. The molecule has 2 aromatic heterocycles. The highest BCUT2D eigenvalue weighted by Gasteiger charge is 2.16. The van der Waals surface area contributed by atoms with Gasteiger partial charge in [-0.05, 0) is 87.0 Å². The highest BCUT2D eigenvalue weighted by Crippen LogP contribution is 2.38. The molecule has 240 valence electrons. The number of fused-ring (bicyclic) bond motifs is 5. The first kappa shape index (κ1) is 29.3. The number of para-hydroxylation sites is 1. The molecule has 0 aliphatic heterocycles. The quantitative estimate of drug-likeness (QED) is 0.185. The zero-order chi connectivity index (χ0) is 33.7. The van der Waals surface area contributed by atoms with Gasteiger partial charge in [0.05, 0.1) is 0 Å². The van der Waals surface area contributed by atoms with Crippen LogP contribution in [0.2, 0.25) is 0 Å². The number of hydrogen-bond acceptors (Lipinski definition) is 4. The molecular formula is C47H31N3O. The molecule has 2 heterocycles. The van der Waals surface area contributed by atoms with Crippen molar-refractivity contribution < 1.29 is 4.42 Å². The van der Waals surface area contributed by atoms with E-state index < -0.39 is 0 Å². The van der Waals surface area contributed by atoms with Crippen molar-refractivity contribution in [2.24, 2.45) is 0 Å². The summed E-state index contributed by atoms with van der Waals surface area (Å²) in [6.45, 7) is 0. The van der Waals surface area contributed by atoms with Gasteiger partial charge in [0.1, 0.15) is 11.2 Å². The third-order valence-electron chi connectivity index (χ3n) is 9.93. The minimum absolute atomic E-state index is 0.656. The number of nitrogens with zero attached hydrogens (tertiary/aromatic N) is 3. The van der Waals surface area contributed by atoms with Gasteiger partial charge in [0.2, 0.25) is 0 Å². The molecule has 9 aromatic rings. The van der Waals surface area contributed by atoms with E-state index in [4.69, 9.17) is 19.4 Å². The molecule has 4 heteroatoms. The van der Waals surface area contributed by atoms with Gasteiger partial charge in [-0.15, -0.1) is 0 Å². The van der Waals surface area contributed by atoms with Gasteiger partial charge in [-0.1, -0.05) is 133 Å². The number of allylic oxidation sites excluding steroid dienone is 4. The van der Waals surface area contributed by atoms with Crippen LogP contribution in [0.1, 0.15) is 18.7 Å². The number of furan rings is 1. The Bertz CT molecular complexity index is 2860. The van der Waals surface area contributed by atoms with Gasteiger partial charge in [0.25, 0.3) is 0 Å². The van der Waals surface area contributed by atoms with Gasteiger partial charge in [0.15, 0.2) is 17.5 Å². The Morgan fingerprint density at radius 2 is 1.06 bits per heavy atom. The molecule has 0 saturated carbocycles. The van der Waals surface area contributed by atoms with Crippen molar-refractivity contribution in [2.45, 2.75) is 12.8 Å². The van der Waals surface area contributed by atoms with Crippen LogP contribution in [0, 0.1) is 0 Å². The van der Waals surface area contributed by atoms with Crippen LogP contribution in [0.3, 0.4) is 0 Å². The van der Waals surface area contributed by atoms with Gasteiger partial charge in [-0.25, -0.2) is 15.0 Å². The van der Waals surface area contributed by atoms with Crippen LogP contribution in [0.25, 0.3) is 94.1 Å². The second-order valence-electron chi connectivity index (χ2n) is 13.1.